The van der Waals surface area contributed by atoms with Crippen LogP contribution in [-0.4, -0.2) is 40.3 Å². The SMILES string of the molecule is O=C(O)c1cccnc1SCC1COC2(CCCC2)O1. The van der Waals surface area contributed by atoms with Gasteiger partial charge in [0.1, 0.15) is 5.03 Å². The topological polar surface area (TPSA) is 68.7 Å². The van der Waals surface area contributed by atoms with E-state index in [4.69, 9.17) is 14.6 Å². The molecule has 1 N–H and O–H groups in total. The van der Waals surface area contributed by atoms with Crippen LogP contribution in [0, 0.1) is 0 Å². The highest BCUT2D eigenvalue weighted by molar-refractivity contribution is 7.99. The molecule has 0 amide bonds. The third-order valence-corrected chi connectivity index (χ3v) is 4.82. The molecule has 0 aromatic carbocycles. The number of pyridine rings is 1. The highest BCUT2D eigenvalue weighted by Crippen LogP contribution is 2.40. The van der Waals surface area contributed by atoms with Crippen LogP contribution in [0.3, 0.4) is 0 Å². The van der Waals surface area contributed by atoms with Crippen molar-refractivity contribution in [3.63, 3.8) is 0 Å². The van der Waals surface area contributed by atoms with Gasteiger partial charge in [0.25, 0.3) is 0 Å². The van der Waals surface area contributed by atoms with Crippen molar-refractivity contribution < 1.29 is 19.4 Å². The van der Waals surface area contributed by atoms with E-state index in [1.54, 1.807) is 18.3 Å². The largest absolute Gasteiger partial charge is 0.478 e. The fourth-order valence-electron chi connectivity index (χ4n) is 2.72. The van der Waals surface area contributed by atoms with E-state index < -0.39 is 5.97 Å². The summed E-state index contributed by atoms with van der Waals surface area (Å²) in [6, 6.07) is 3.21. The lowest BCUT2D eigenvalue weighted by atomic mass is 10.2. The smallest absolute Gasteiger partial charge is 0.338 e. The maximum atomic E-state index is 11.1. The number of nitrogens with zero attached hydrogens (tertiary/aromatic N) is 1. The van der Waals surface area contributed by atoms with E-state index >= 15 is 0 Å². The van der Waals surface area contributed by atoms with E-state index in [2.05, 4.69) is 4.98 Å². The highest BCUT2D eigenvalue weighted by Gasteiger charge is 2.43. The summed E-state index contributed by atoms with van der Waals surface area (Å²) in [6.07, 6.45) is 5.88. The van der Waals surface area contributed by atoms with Gasteiger partial charge < -0.3 is 14.6 Å². The summed E-state index contributed by atoms with van der Waals surface area (Å²) in [5.74, 6) is -0.638. The lowest BCUT2D eigenvalue weighted by molar-refractivity contribution is -0.159. The number of carboxylic acids is 1. The fourth-order valence-corrected chi connectivity index (χ4v) is 3.67. The number of aromatic carboxylic acids is 1. The average molecular weight is 295 g/mol. The summed E-state index contributed by atoms with van der Waals surface area (Å²) < 4.78 is 11.8. The van der Waals surface area contributed by atoms with Crippen molar-refractivity contribution in [3.8, 4) is 0 Å². The first-order valence-electron chi connectivity index (χ1n) is 6.81. The first kappa shape index (κ1) is 13.9. The minimum atomic E-state index is -0.948. The lowest BCUT2D eigenvalue weighted by Gasteiger charge is -2.21. The van der Waals surface area contributed by atoms with Crippen molar-refractivity contribution in [1.29, 1.82) is 0 Å². The monoisotopic (exact) mass is 295 g/mol. The molecule has 1 saturated heterocycles. The number of hydrogen-bond donors (Lipinski definition) is 1. The van der Waals surface area contributed by atoms with Gasteiger partial charge in [0.05, 0.1) is 18.3 Å². The van der Waals surface area contributed by atoms with E-state index in [0.29, 0.717) is 17.4 Å². The maximum absolute atomic E-state index is 11.1. The molecule has 1 spiro atoms. The molecule has 1 aliphatic carbocycles. The molecule has 6 heteroatoms. The first-order chi connectivity index (χ1) is 9.69. The average Bonchev–Trinajstić information content (AvgIpc) is 3.07. The minimum Gasteiger partial charge on any atom is -0.478 e. The Morgan fingerprint density at radius 1 is 1.50 bits per heavy atom. The van der Waals surface area contributed by atoms with Gasteiger partial charge in [0.15, 0.2) is 5.79 Å². The molecule has 1 aromatic heterocycles. The fraction of sp³-hybridized carbons (Fsp3) is 0.571. The predicted octanol–water partition coefficient (Wildman–Crippen LogP) is 2.56. The Balaban J connectivity index is 1.59. The van der Waals surface area contributed by atoms with Crippen LogP contribution in [0.15, 0.2) is 23.4 Å². The molecule has 1 unspecified atom stereocenters. The Hall–Kier alpha value is -1.11. The Kier molecular flexibility index (Phi) is 3.96. The van der Waals surface area contributed by atoms with Gasteiger partial charge in [-0.15, -0.1) is 11.8 Å². The maximum Gasteiger partial charge on any atom is 0.338 e. The van der Waals surface area contributed by atoms with Crippen LogP contribution in [0.25, 0.3) is 0 Å². The number of carboxylic acid groups (broad SMARTS) is 1. The zero-order valence-electron chi connectivity index (χ0n) is 11.1. The van der Waals surface area contributed by atoms with Crippen molar-refractivity contribution in [2.24, 2.45) is 0 Å². The number of carbonyl (C=O) groups is 1. The van der Waals surface area contributed by atoms with E-state index in [1.807, 2.05) is 0 Å². The van der Waals surface area contributed by atoms with E-state index in [-0.39, 0.29) is 17.5 Å². The third kappa shape index (κ3) is 2.82. The Bertz CT molecular complexity index is 502. The zero-order chi connectivity index (χ0) is 14.0. The molecule has 1 saturated carbocycles. The van der Waals surface area contributed by atoms with Gasteiger partial charge in [-0.2, -0.15) is 0 Å². The number of ether oxygens (including phenoxy) is 2. The molecule has 1 aromatic rings. The van der Waals surface area contributed by atoms with Crippen LogP contribution < -0.4 is 0 Å². The van der Waals surface area contributed by atoms with Crippen molar-refractivity contribution in [1.82, 2.24) is 4.98 Å². The molecule has 2 aliphatic rings. The third-order valence-electron chi connectivity index (χ3n) is 3.69. The van der Waals surface area contributed by atoms with Crippen molar-refractivity contribution in [2.45, 2.75) is 42.6 Å². The van der Waals surface area contributed by atoms with E-state index in [0.717, 1.165) is 25.7 Å². The van der Waals surface area contributed by atoms with Crippen molar-refractivity contribution in [3.05, 3.63) is 23.9 Å². The normalized spacial score (nSPS) is 24.3. The second-order valence-corrected chi connectivity index (χ2v) is 6.15. The van der Waals surface area contributed by atoms with E-state index in [9.17, 15) is 4.79 Å². The van der Waals surface area contributed by atoms with Crippen LogP contribution in [0.4, 0.5) is 0 Å². The molecule has 5 nitrogen and oxygen atoms in total. The lowest BCUT2D eigenvalue weighted by Crippen LogP contribution is -2.27. The molecule has 3 rings (SSSR count). The highest BCUT2D eigenvalue weighted by atomic mass is 32.2. The van der Waals surface area contributed by atoms with E-state index in [1.165, 1.54) is 11.8 Å². The van der Waals surface area contributed by atoms with Crippen LogP contribution in [-0.2, 0) is 9.47 Å². The Labute approximate surface area is 121 Å². The quantitative estimate of drug-likeness (QED) is 0.861. The van der Waals surface area contributed by atoms with Crippen molar-refractivity contribution >= 4 is 17.7 Å². The van der Waals surface area contributed by atoms with Gasteiger partial charge in [-0.1, -0.05) is 0 Å². The standard InChI is InChI=1S/C14H17NO4S/c16-13(17)11-4-3-7-15-12(11)20-9-10-8-18-14(19-10)5-1-2-6-14/h3-4,7,10H,1-2,5-6,8-9H2,(H,16,17). The molecule has 0 bridgehead atoms. The van der Waals surface area contributed by atoms with Gasteiger partial charge in [0, 0.05) is 24.8 Å². The zero-order valence-corrected chi connectivity index (χ0v) is 11.9. The predicted molar refractivity (Wildman–Crippen MR) is 73.9 cm³/mol. The summed E-state index contributed by atoms with van der Waals surface area (Å²) in [4.78, 5) is 15.2. The second-order valence-electron chi connectivity index (χ2n) is 5.14. The van der Waals surface area contributed by atoms with Gasteiger partial charge in [0.2, 0.25) is 0 Å². The van der Waals surface area contributed by atoms with Gasteiger partial charge in [-0.05, 0) is 25.0 Å². The van der Waals surface area contributed by atoms with Crippen LogP contribution in [0.2, 0.25) is 0 Å². The molecule has 1 aliphatic heterocycles. The number of thioether (sulfide) groups is 1. The number of hydrogen-bond acceptors (Lipinski definition) is 5. The summed E-state index contributed by atoms with van der Waals surface area (Å²) in [5, 5.41) is 9.65. The number of aromatic nitrogens is 1. The first-order valence-corrected chi connectivity index (χ1v) is 7.80. The van der Waals surface area contributed by atoms with Crippen molar-refractivity contribution in [2.75, 3.05) is 12.4 Å². The molecule has 1 atom stereocenters. The second kappa shape index (κ2) is 5.71. The molecule has 2 fully saturated rings. The van der Waals surface area contributed by atoms with Crippen LogP contribution in [0.1, 0.15) is 36.0 Å². The minimum absolute atomic E-state index is 0.0155. The number of rotatable bonds is 4. The summed E-state index contributed by atoms with van der Waals surface area (Å²) in [7, 11) is 0. The molecule has 0 radical (unpaired) electrons. The van der Waals surface area contributed by atoms with Gasteiger partial charge >= 0.3 is 5.97 Å². The Morgan fingerprint density at radius 2 is 2.30 bits per heavy atom. The van der Waals surface area contributed by atoms with Crippen LogP contribution in [0.5, 0.6) is 0 Å². The van der Waals surface area contributed by atoms with Gasteiger partial charge in [-0.25, -0.2) is 9.78 Å². The summed E-state index contributed by atoms with van der Waals surface area (Å²) in [5.41, 5.74) is 0.243. The molecular formula is C14H17NO4S. The molecular weight excluding hydrogens is 278 g/mol. The summed E-state index contributed by atoms with van der Waals surface area (Å²) >= 11 is 1.42. The molecule has 2 heterocycles. The molecule has 108 valence electrons. The van der Waals surface area contributed by atoms with Gasteiger partial charge in [-0.3, -0.25) is 0 Å². The Morgan fingerprint density at radius 3 is 3.05 bits per heavy atom. The van der Waals surface area contributed by atoms with Crippen LogP contribution >= 0.6 is 11.8 Å². The summed E-state index contributed by atoms with van der Waals surface area (Å²) in [6.45, 7) is 0.586. The molecule has 20 heavy (non-hydrogen) atoms.